The van der Waals surface area contributed by atoms with Gasteiger partial charge in [0, 0.05) is 12.6 Å². The van der Waals surface area contributed by atoms with Crippen molar-refractivity contribution in [2.45, 2.75) is 49.5 Å². The molecule has 0 amide bonds. The smallest absolute Gasteiger partial charge is 0.386 e. The number of anilines is 1. The average molecular weight is 615 g/mol. The van der Waals surface area contributed by atoms with Gasteiger partial charge in [-0.1, -0.05) is 12.2 Å². The molecule has 6 N–H and O–H groups in total. The number of aromatic nitrogens is 7. The minimum atomic E-state index is -4.35. The van der Waals surface area contributed by atoms with E-state index in [1.807, 2.05) is 0 Å². The number of rotatable bonds is 8. The van der Waals surface area contributed by atoms with Gasteiger partial charge < -0.3 is 35.0 Å². The van der Waals surface area contributed by atoms with Crippen molar-refractivity contribution >= 4 is 47.2 Å². The van der Waals surface area contributed by atoms with Gasteiger partial charge in [-0.05, 0) is 6.07 Å². The summed E-state index contributed by atoms with van der Waals surface area (Å²) < 4.78 is 53.5. The fraction of sp³-hybridized carbons (Fsp3) is 0.476. The second-order valence-electron chi connectivity index (χ2n) is 9.43. The Hall–Kier alpha value is -3.16. The van der Waals surface area contributed by atoms with Crippen molar-refractivity contribution in [3.05, 3.63) is 45.6 Å². The lowest BCUT2D eigenvalue weighted by atomic mass is 10.1. The zero-order valence-corrected chi connectivity index (χ0v) is 22.6. The molecule has 2 aliphatic heterocycles. The number of thiol groups is 1. The summed E-state index contributed by atoms with van der Waals surface area (Å²) in [6, 6.07) is 1.56. The minimum absolute atomic E-state index is 0.0620. The summed E-state index contributed by atoms with van der Waals surface area (Å²) in [7, 11) is 0. The second-order valence-corrected chi connectivity index (χ2v) is 12.3. The van der Waals surface area contributed by atoms with Crippen molar-refractivity contribution in [3.8, 4) is 0 Å². The van der Waals surface area contributed by atoms with Crippen LogP contribution in [-0.2, 0) is 23.1 Å². The summed E-state index contributed by atoms with van der Waals surface area (Å²) in [6.07, 6.45) is -5.08. The lowest BCUT2D eigenvalue weighted by Crippen LogP contribution is -2.32. The van der Waals surface area contributed by atoms with Gasteiger partial charge in [0.25, 0.3) is 11.1 Å². The number of aliphatic hydroxyl groups is 2. The summed E-state index contributed by atoms with van der Waals surface area (Å²) in [6.45, 7) is -5.54. The number of H-pyrrole nitrogens is 2. The largest absolute Gasteiger partial charge is 0.394 e. The summed E-state index contributed by atoms with van der Waals surface area (Å²) in [4.78, 5) is 41.0. The van der Waals surface area contributed by atoms with E-state index in [2.05, 4.69) is 37.2 Å². The molecular weight excluding hydrogens is 590 g/mol. The number of nitrogens with two attached hydrogens (primary N) is 1. The predicted molar refractivity (Wildman–Crippen MR) is 141 cm³/mol. The Labute approximate surface area is 233 Å². The molecule has 220 valence electrons. The summed E-state index contributed by atoms with van der Waals surface area (Å²) in [5.41, 5.74) is 4.81. The van der Waals surface area contributed by atoms with Gasteiger partial charge >= 0.3 is 6.80 Å². The summed E-state index contributed by atoms with van der Waals surface area (Å²) >= 11 is 3.97. The number of fused-ring (bicyclic) bond motifs is 2. The quantitative estimate of drug-likeness (QED) is 0.111. The van der Waals surface area contributed by atoms with Crippen molar-refractivity contribution in [3.63, 3.8) is 0 Å². The van der Waals surface area contributed by atoms with Gasteiger partial charge in [-0.3, -0.25) is 28.2 Å². The number of aromatic amines is 2. The number of hydrogen-bond acceptors (Lipinski definition) is 13. The van der Waals surface area contributed by atoms with Crippen LogP contribution in [0.5, 0.6) is 0 Å². The standard InChI is InChI=1S/C21H24FN8O9PS/c22-13-10(4-31)38-20(30-7-26-14-17(30)27-21(23)28-19(14)34)15(13)39-40(35,41)36-5-11-9(32)3-12(37-11)29-2-1-8-16(29)24-6-25-18(8)33/h1-2,6-7,9-13,15,20,31-32H,3-5H2,(H,35,41)(H,24,25,33)(H3,23,27,28,34)/t9-,10+,11+,12+,13+,15+,20+,40?/m0/s1. The first-order valence-electron chi connectivity index (χ1n) is 12.2. The molecule has 6 rings (SSSR count). The van der Waals surface area contributed by atoms with Crippen molar-refractivity contribution in [1.29, 1.82) is 0 Å². The first-order chi connectivity index (χ1) is 19.6. The first-order valence-corrected chi connectivity index (χ1v) is 14.9. The lowest BCUT2D eigenvalue weighted by Gasteiger charge is -2.25. The number of aliphatic hydroxyl groups excluding tert-OH is 2. The minimum Gasteiger partial charge on any atom is -0.394 e. The molecule has 6 heterocycles. The van der Waals surface area contributed by atoms with Crippen LogP contribution in [0.2, 0.25) is 0 Å². The molecule has 2 fully saturated rings. The molecule has 41 heavy (non-hydrogen) atoms. The van der Waals surface area contributed by atoms with E-state index < -0.39 is 68.6 Å². The molecule has 20 heteroatoms. The first kappa shape index (κ1) is 28.0. The Morgan fingerprint density at radius 1 is 1.22 bits per heavy atom. The number of halogens is 1. The molecule has 2 saturated heterocycles. The van der Waals surface area contributed by atoms with Gasteiger partial charge in [-0.2, -0.15) is 4.98 Å². The highest BCUT2D eigenvalue weighted by atomic mass is 32.7. The van der Waals surface area contributed by atoms with Gasteiger partial charge in [0.1, 0.15) is 30.2 Å². The Morgan fingerprint density at radius 3 is 2.80 bits per heavy atom. The monoisotopic (exact) mass is 614 g/mol. The zero-order chi connectivity index (χ0) is 29.1. The fourth-order valence-corrected chi connectivity index (χ4v) is 6.36. The zero-order valence-electron chi connectivity index (χ0n) is 20.8. The van der Waals surface area contributed by atoms with E-state index in [1.54, 1.807) is 16.8 Å². The van der Waals surface area contributed by atoms with E-state index in [9.17, 15) is 24.4 Å². The number of nitrogens with zero attached hydrogens (tertiary/aromatic N) is 5. The Kier molecular flexibility index (Phi) is 7.23. The van der Waals surface area contributed by atoms with Crippen molar-refractivity contribution in [2.24, 2.45) is 0 Å². The van der Waals surface area contributed by atoms with E-state index in [-0.39, 0.29) is 29.1 Å². The highest BCUT2D eigenvalue weighted by Gasteiger charge is 2.50. The molecule has 17 nitrogen and oxygen atoms in total. The van der Waals surface area contributed by atoms with Gasteiger partial charge in [0.2, 0.25) is 5.95 Å². The third kappa shape index (κ3) is 5.08. The number of alkyl halides is 1. The van der Waals surface area contributed by atoms with Crippen molar-refractivity contribution in [1.82, 2.24) is 34.1 Å². The maximum absolute atomic E-state index is 15.3. The van der Waals surface area contributed by atoms with Gasteiger partial charge in [0.15, 0.2) is 23.6 Å². The van der Waals surface area contributed by atoms with E-state index in [1.165, 1.54) is 6.33 Å². The molecule has 0 aliphatic carbocycles. The molecule has 2 aliphatic rings. The summed E-state index contributed by atoms with van der Waals surface area (Å²) in [5.74, 6) is -0.234. The maximum Gasteiger partial charge on any atom is 0.386 e. The molecule has 0 saturated carbocycles. The highest BCUT2D eigenvalue weighted by molar-refractivity contribution is 8.44. The normalized spacial score (nSPS) is 29.9. The number of imidazole rings is 1. The van der Waals surface area contributed by atoms with Gasteiger partial charge in [-0.15, -0.1) is 0 Å². The summed E-state index contributed by atoms with van der Waals surface area (Å²) in [5, 5.41) is 20.5. The van der Waals surface area contributed by atoms with Gasteiger partial charge in [-0.25, -0.2) is 18.9 Å². The number of hydrogen-bond donors (Lipinski definition) is 6. The fourth-order valence-electron chi connectivity index (χ4n) is 4.91. The molecule has 4 aromatic rings. The van der Waals surface area contributed by atoms with Crippen LogP contribution in [0.3, 0.4) is 0 Å². The second kappa shape index (κ2) is 10.6. The Balaban J connectivity index is 1.17. The molecule has 1 unspecified atom stereocenters. The van der Waals surface area contributed by atoms with E-state index in [4.69, 9.17) is 24.3 Å². The highest BCUT2D eigenvalue weighted by Crippen LogP contribution is 2.57. The van der Waals surface area contributed by atoms with Crippen LogP contribution < -0.4 is 16.9 Å². The molecular formula is C21H24FN8O9PS. The number of nitrogen functional groups attached to an aromatic ring is 1. The molecule has 0 spiro atoms. The lowest BCUT2D eigenvalue weighted by molar-refractivity contribution is -0.0522. The average Bonchev–Trinajstić information content (AvgIpc) is 3.69. The number of nitrogens with one attached hydrogen (secondary N) is 2. The third-order valence-electron chi connectivity index (χ3n) is 6.85. The number of ether oxygens (including phenoxy) is 2. The van der Waals surface area contributed by atoms with E-state index in [0.29, 0.717) is 11.0 Å². The molecule has 8 atom stereocenters. The van der Waals surface area contributed by atoms with E-state index in [0.717, 1.165) is 10.9 Å². The molecule has 4 aromatic heterocycles. The van der Waals surface area contributed by atoms with Crippen LogP contribution in [0.4, 0.5) is 10.3 Å². The van der Waals surface area contributed by atoms with Crippen molar-refractivity contribution in [2.75, 3.05) is 18.9 Å². The van der Waals surface area contributed by atoms with Gasteiger partial charge in [0.05, 0.1) is 37.4 Å². The van der Waals surface area contributed by atoms with Crippen LogP contribution >= 0.6 is 19.0 Å². The Morgan fingerprint density at radius 2 is 2.02 bits per heavy atom. The maximum atomic E-state index is 15.3. The topological polar surface area (TPSA) is 235 Å². The SMILES string of the molecule is Nc1nc2c(ncn2[C@@H]2O[C@H](CO)[C@@H](F)[C@H]2OP(=O)(S)OC[C@H]2O[C@@H](n3ccc4c(=O)[nH]cnc43)C[C@@H]2O)c(=O)[nH]1. The third-order valence-corrected chi connectivity index (χ3v) is 8.47. The molecule has 0 bridgehead atoms. The van der Waals surface area contributed by atoms with Crippen LogP contribution in [0.15, 0.2) is 34.5 Å². The van der Waals surface area contributed by atoms with Crippen LogP contribution in [0.25, 0.3) is 22.2 Å². The predicted octanol–water partition coefficient (Wildman–Crippen LogP) is -0.244. The van der Waals surface area contributed by atoms with E-state index >= 15 is 4.39 Å². The van der Waals surface area contributed by atoms with Crippen LogP contribution in [0.1, 0.15) is 18.9 Å². The molecule has 0 aromatic carbocycles. The van der Waals surface area contributed by atoms with Crippen LogP contribution in [-0.4, -0.2) is 88.1 Å². The molecule has 0 radical (unpaired) electrons. The van der Waals surface area contributed by atoms with Crippen molar-refractivity contribution < 1.29 is 37.7 Å². The van der Waals surface area contributed by atoms with Crippen LogP contribution in [0, 0.1) is 0 Å². The Bertz CT molecular complexity index is 1760.